The Kier molecular flexibility index (Phi) is 5.61. The van der Waals surface area contributed by atoms with Gasteiger partial charge in [-0.3, -0.25) is 0 Å². The zero-order valence-corrected chi connectivity index (χ0v) is 19.0. The van der Waals surface area contributed by atoms with Crippen LogP contribution in [0.2, 0.25) is 0 Å². The topological polar surface area (TPSA) is 40.6 Å². The van der Waals surface area contributed by atoms with Crippen LogP contribution < -0.4 is 4.90 Å². The Hall–Kier alpha value is -1.85. The molecule has 0 aliphatic carbocycles. The third kappa shape index (κ3) is 3.46. The Morgan fingerprint density at radius 3 is 1.75 bits per heavy atom. The molecule has 0 atom stereocenters. The summed E-state index contributed by atoms with van der Waals surface area (Å²) in [6.07, 6.45) is 0. The fourth-order valence-corrected chi connectivity index (χ4v) is 6.19. The summed E-state index contributed by atoms with van der Waals surface area (Å²) in [6.45, 7) is 16.7. The second-order valence-electron chi connectivity index (χ2n) is 8.14. The zero-order valence-electron chi connectivity index (χ0n) is 18.2. The summed E-state index contributed by atoms with van der Waals surface area (Å²) in [5.74, 6) is 0. The first kappa shape index (κ1) is 20.9. The van der Waals surface area contributed by atoms with Gasteiger partial charge in [0.1, 0.15) is 0 Å². The number of hydrogen-bond acceptors (Lipinski definition) is 3. The van der Waals surface area contributed by atoms with Crippen molar-refractivity contribution in [2.75, 3.05) is 31.1 Å². The molecule has 1 fully saturated rings. The number of sulfonamides is 1. The molecule has 0 amide bonds. The lowest BCUT2D eigenvalue weighted by Crippen LogP contribution is -2.49. The molecule has 28 heavy (non-hydrogen) atoms. The van der Waals surface area contributed by atoms with Crippen LogP contribution in [0.4, 0.5) is 5.69 Å². The molecule has 5 heteroatoms. The van der Waals surface area contributed by atoms with Crippen molar-refractivity contribution < 1.29 is 8.42 Å². The molecule has 0 radical (unpaired) electrons. The first-order valence-electron chi connectivity index (χ1n) is 9.95. The molecule has 0 N–H and O–H groups in total. The van der Waals surface area contributed by atoms with Crippen molar-refractivity contribution in [3.8, 4) is 0 Å². The van der Waals surface area contributed by atoms with E-state index in [0.29, 0.717) is 31.1 Å². The lowest BCUT2D eigenvalue weighted by atomic mass is 9.95. The van der Waals surface area contributed by atoms with E-state index in [1.165, 1.54) is 22.4 Å². The van der Waals surface area contributed by atoms with Gasteiger partial charge in [-0.2, -0.15) is 4.31 Å². The summed E-state index contributed by atoms with van der Waals surface area (Å²) in [7, 11) is -3.50. The predicted molar refractivity (Wildman–Crippen MR) is 117 cm³/mol. The minimum Gasteiger partial charge on any atom is -0.369 e. The standard InChI is InChI=1S/C23H32N2O2S/c1-15-8-9-16(2)22(14-15)24-10-12-25(13-11-24)28(26,27)23-20(6)18(4)17(3)19(5)21(23)7/h8-9,14H,10-13H2,1-7H3. The molecule has 0 bridgehead atoms. The number of benzene rings is 2. The highest BCUT2D eigenvalue weighted by Gasteiger charge is 2.32. The minimum absolute atomic E-state index is 0.508. The van der Waals surface area contributed by atoms with Gasteiger partial charge in [-0.1, -0.05) is 12.1 Å². The summed E-state index contributed by atoms with van der Waals surface area (Å²) in [6, 6.07) is 6.45. The molecular weight excluding hydrogens is 368 g/mol. The first-order valence-corrected chi connectivity index (χ1v) is 11.4. The number of anilines is 1. The average Bonchev–Trinajstić information content (AvgIpc) is 2.67. The van der Waals surface area contributed by atoms with E-state index < -0.39 is 10.0 Å². The molecule has 0 spiro atoms. The van der Waals surface area contributed by atoms with Gasteiger partial charge >= 0.3 is 0 Å². The molecule has 1 saturated heterocycles. The predicted octanol–water partition coefficient (Wildman–Crippen LogP) is 4.36. The van der Waals surface area contributed by atoms with Crippen LogP contribution in [0.3, 0.4) is 0 Å². The normalized spacial score (nSPS) is 15.9. The molecule has 152 valence electrons. The van der Waals surface area contributed by atoms with Gasteiger partial charge in [0.2, 0.25) is 10.0 Å². The van der Waals surface area contributed by atoms with Crippen LogP contribution in [0, 0.1) is 48.5 Å². The summed E-state index contributed by atoms with van der Waals surface area (Å²) in [5, 5.41) is 0. The van der Waals surface area contributed by atoms with Gasteiger partial charge in [-0.25, -0.2) is 8.42 Å². The van der Waals surface area contributed by atoms with Gasteiger partial charge in [0.05, 0.1) is 4.90 Å². The molecule has 1 heterocycles. The number of hydrogen-bond donors (Lipinski definition) is 0. The monoisotopic (exact) mass is 400 g/mol. The van der Waals surface area contributed by atoms with E-state index in [4.69, 9.17) is 0 Å². The molecule has 2 aromatic rings. The lowest BCUT2D eigenvalue weighted by molar-refractivity contribution is 0.384. The molecule has 0 saturated carbocycles. The lowest BCUT2D eigenvalue weighted by Gasteiger charge is -2.37. The van der Waals surface area contributed by atoms with Crippen LogP contribution in [0.1, 0.15) is 38.9 Å². The van der Waals surface area contributed by atoms with Crippen LogP contribution in [0.25, 0.3) is 0 Å². The summed E-state index contributed by atoms with van der Waals surface area (Å²) in [5.41, 5.74) is 8.80. The van der Waals surface area contributed by atoms with E-state index in [2.05, 4.69) is 43.9 Å². The van der Waals surface area contributed by atoms with Gasteiger partial charge in [-0.05, 0) is 93.5 Å². The maximum Gasteiger partial charge on any atom is 0.243 e. The van der Waals surface area contributed by atoms with Crippen LogP contribution in [0.5, 0.6) is 0 Å². The van der Waals surface area contributed by atoms with E-state index in [1.807, 2.05) is 27.7 Å². The molecule has 4 nitrogen and oxygen atoms in total. The Morgan fingerprint density at radius 1 is 0.714 bits per heavy atom. The van der Waals surface area contributed by atoms with E-state index >= 15 is 0 Å². The second-order valence-corrected chi connectivity index (χ2v) is 10.0. The van der Waals surface area contributed by atoms with Crippen molar-refractivity contribution >= 4 is 15.7 Å². The third-order valence-electron chi connectivity index (χ3n) is 6.47. The van der Waals surface area contributed by atoms with Crippen LogP contribution in [-0.2, 0) is 10.0 Å². The molecule has 1 aliphatic rings. The van der Waals surface area contributed by atoms with Crippen LogP contribution in [0.15, 0.2) is 23.1 Å². The Bertz CT molecular complexity index is 988. The van der Waals surface area contributed by atoms with Gasteiger partial charge in [0.15, 0.2) is 0 Å². The Balaban J connectivity index is 1.90. The Labute approximate surface area is 170 Å². The molecule has 2 aromatic carbocycles. The number of aryl methyl sites for hydroxylation is 2. The van der Waals surface area contributed by atoms with Gasteiger partial charge in [0.25, 0.3) is 0 Å². The largest absolute Gasteiger partial charge is 0.369 e. The van der Waals surface area contributed by atoms with Crippen molar-refractivity contribution in [2.24, 2.45) is 0 Å². The number of piperazine rings is 1. The van der Waals surface area contributed by atoms with E-state index in [-0.39, 0.29) is 0 Å². The fourth-order valence-electron chi connectivity index (χ4n) is 4.21. The quantitative estimate of drug-likeness (QED) is 0.769. The highest BCUT2D eigenvalue weighted by atomic mass is 32.2. The molecule has 0 aromatic heterocycles. The van der Waals surface area contributed by atoms with Crippen LogP contribution in [-0.4, -0.2) is 38.9 Å². The zero-order chi connectivity index (χ0) is 20.8. The third-order valence-corrected chi connectivity index (χ3v) is 8.65. The van der Waals surface area contributed by atoms with Gasteiger partial charge < -0.3 is 4.90 Å². The first-order chi connectivity index (χ1) is 13.1. The van der Waals surface area contributed by atoms with Crippen molar-refractivity contribution in [2.45, 2.75) is 53.4 Å². The van der Waals surface area contributed by atoms with Crippen molar-refractivity contribution in [3.05, 3.63) is 57.1 Å². The summed E-state index contributed by atoms with van der Waals surface area (Å²) < 4.78 is 28.7. The van der Waals surface area contributed by atoms with Crippen molar-refractivity contribution in [1.29, 1.82) is 0 Å². The molecule has 1 aliphatic heterocycles. The van der Waals surface area contributed by atoms with Crippen LogP contribution >= 0.6 is 0 Å². The minimum atomic E-state index is -3.50. The fraction of sp³-hybridized carbons (Fsp3) is 0.478. The maximum atomic E-state index is 13.5. The highest BCUT2D eigenvalue weighted by Crippen LogP contribution is 2.32. The molecular formula is C23H32N2O2S. The highest BCUT2D eigenvalue weighted by molar-refractivity contribution is 7.89. The molecule has 0 unspecified atom stereocenters. The number of rotatable bonds is 3. The smallest absolute Gasteiger partial charge is 0.243 e. The van der Waals surface area contributed by atoms with E-state index in [0.717, 1.165) is 22.3 Å². The van der Waals surface area contributed by atoms with E-state index in [1.54, 1.807) is 4.31 Å². The van der Waals surface area contributed by atoms with Crippen molar-refractivity contribution in [3.63, 3.8) is 0 Å². The van der Waals surface area contributed by atoms with Gasteiger partial charge in [0, 0.05) is 31.9 Å². The number of nitrogens with zero attached hydrogens (tertiary/aromatic N) is 2. The SMILES string of the molecule is Cc1ccc(C)c(N2CCN(S(=O)(=O)c3c(C)c(C)c(C)c(C)c3C)CC2)c1. The van der Waals surface area contributed by atoms with Gasteiger partial charge in [-0.15, -0.1) is 0 Å². The maximum absolute atomic E-state index is 13.5. The van der Waals surface area contributed by atoms with Crippen molar-refractivity contribution in [1.82, 2.24) is 4.31 Å². The Morgan fingerprint density at radius 2 is 1.21 bits per heavy atom. The summed E-state index contributed by atoms with van der Waals surface area (Å²) >= 11 is 0. The van der Waals surface area contributed by atoms with E-state index in [9.17, 15) is 8.42 Å². The molecule has 3 rings (SSSR count). The second kappa shape index (κ2) is 7.53. The summed E-state index contributed by atoms with van der Waals surface area (Å²) in [4.78, 5) is 2.81. The average molecular weight is 401 g/mol.